The third kappa shape index (κ3) is 4.68. The second kappa shape index (κ2) is 8.62. The number of piperidine rings is 1. The number of ether oxygens (including phenoxy) is 2. The molecule has 0 radical (unpaired) electrons. The van der Waals surface area contributed by atoms with Gasteiger partial charge in [-0.15, -0.1) is 23.4 Å². The number of alkyl halides is 3. The maximum Gasteiger partial charge on any atom is 0.573 e. The van der Waals surface area contributed by atoms with Crippen LogP contribution in [-0.4, -0.2) is 58.6 Å². The molecular weight excluding hydrogens is 411 g/mol. The highest BCUT2D eigenvalue weighted by atomic mass is 19.4. The molecule has 1 N–H and O–H groups in total. The van der Waals surface area contributed by atoms with Crippen LogP contribution in [0, 0.1) is 0 Å². The van der Waals surface area contributed by atoms with Crippen LogP contribution in [0.4, 0.5) is 19.1 Å². The van der Waals surface area contributed by atoms with Gasteiger partial charge in [-0.2, -0.15) is 0 Å². The van der Waals surface area contributed by atoms with E-state index in [-0.39, 0.29) is 23.0 Å². The highest BCUT2D eigenvalue weighted by Crippen LogP contribution is 2.37. The van der Waals surface area contributed by atoms with Crippen LogP contribution in [-0.2, 0) is 0 Å². The van der Waals surface area contributed by atoms with Gasteiger partial charge in [0, 0.05) is 30.4 Å². The number of benzene rings is 1. The maximum absolute atomic E-state index is 13.0. The molecule has 3 heterocycles. The van der Waals surface area contributed by atoms with Gasteiger partial charge in [-0.3, -0.25) is 4.40 Å². The monoisotopic (exact) mass is 435 g/mol. The fourth-order valence-electron chi connectivity index (χ4n) is 3.92. The van der Waals surface area contributed by atoms with Crippen LogP contribution in [0.1, 0.15) is 19.8 Å². The van der Waals surface area contributed by atoms with Gasteiger partial charge in [-0.1, -0.05) is 6.92 Å². The minimum Gasteiger partial charge on any atom is -0.497 e. The summed E-state index contributed by atoms with van der Waals surface area (Å²) in [6, 6.07) is 8.07. The summed E-state index contributed by atoms with van der Waals surface area (Å²) >= 11 is 0. The molecule has 31 heavy (non-hydrogen) atoms. The number of likely N-dealkylation sites (tertiary alicyclic amines) is 1. The number of hydrogen-bond acceptors (Lipinski definition) is 6. The number of methoxy groups -OCH3 is 1. The Labute approximate surface area is 177 Å². The lowest BCUT2D eigenvalue weighted by molar-refractivity contribution is -0.274. The van der Waals surface area contributed by atoms with Crippen LogP contribution in [0.5, 0.6) is 11.5 Å². The maximum atomic E-state index is 13.0. The molecule has 0 amide bonds. The van der Waals surface area contributed by atoms with Crippen LogP contribution >= 0.6 is 0 Å². The summed E-state index contributed by atoms with van der Waals surface area (Å²) in [7, 11) is 1.38. The first-order valence-electron chi connectivity index (χ1n) is 10.1. The van der Waals surface area contributed by atoms with Crippen molar-refractivity contribution in [3.63, 3.8) is 0 Å². The van der Waals surface area contributed by atoms with Gasteiger partial charge >= 0.3 is 6.36 Å². The summed E-state index contributed by atoms with van der Waals surface area (Å²) in [6.45, 7) is 5.11. The zero-order valence-corrected chi connectivity index (χ0v) is 17.3. The van der Waals surface area contributed by atoms with Crippen LogP contribution in [0.25, 0.3) is 16.8 Å². The molecule has 1 aliphatic heterocycles. The number of hydrogen-bond donors (Lipinski definition) is 1. The van der Waals surface area contributed by atoms with E-state index in [0.717, 1.165) is 32.5 Å². The molecule has 3 aromatic rings. The Kier molecular flexibility index (Phi) is 5.90. The Bertz CT molecular complexity index is 1050. The molecule has 0 aliphatic carbocycles. The number of anilines is 1. The van der Waals surface area contributed by atoms with E-state index in [1.54, 1.807) is 22.6 Å². The zero-order valence-electron chi connectivity index (χ0n) is 17.3. The van der Waals surface area contributed by atoms with Gasteiger partial charge in [0.25, 0.3) is 0 Å². The fourth-order valence-corrected chi connectivity index (χ4v) is 3.92. The molecule has 1 fully saturated rings. The van der Waals surface area contributed by atoms with Crippen molar-refractivity contribution in [3.05, 3.63) is 36.5 Å². The standard InChI is InChI=1S/C21H24F3N5O2/c1-3-28-10-4-6-14(13-28)25-20-27-26-19(17-7-5-11-29(17)20)16-9-8-15(30-2)12-18(16)31-21(22,23)24/h5,7-9,11-12,14H,3-4,6,10,13H2,1-2H3,(H,25,27). The predicted octanol–water partition coefficient (Wildman–Crippen LogP) is 4.20. The summed E-state index contributed by atoms with van der Waals surface area (Å²) in [6.07, 6.45) is -0.925. The van der Waals surface area contributed by atoms with E-state index in [4.69, 9.17) is 4.74 Å². The van der Waals surface area contributed by atoms with Gasteiger partial charge < -0.3 is 19.7 Å². The number of nitrogens with zero attached hydrogens (tertiary/aromatic N) is 4. The molecule has 1 aromatic carbocycles. The first kappa shape index (κ1) is 21.2. The number of likely N-dealkylation sites (N-methyl/N-ethyl adjacent to an activating group) is 1. The molecule has 1 aliphatic rings. The molecule has 10 heteroatoms. The van der Waals surface area contributed by atoms with E-state index >= 15 is 0 Å². The summed E-state index contributed by atoms with van der Waals surface area (Å²) in [5.74, 6) is 0.410. The molecule has 7 nitrogen and oxygen atoms in total. The van der Waals surface area contributed by atoms with Gasteiger partial charge in [-0.25, -0.2) is 0 Å². The molecule has 166 valence electrons. The second-order valence-corrected chi connectivity index (χ2v) is 7.42. The van der Waals surface area contributed by atoms with Gasteiger partial charge in [0.2, 0.25) is 5.95 Å². The van der Waals surface area contributed by atoms with Crippen LogP contribution in [0.15, 0.2) is 36.5 Å². The molecular formula is C21H24F3N5O2. The minimum atomic E-state index is -4.85. The third-order valence-corrected chi connectivity index (χ3v) is 5.42. The van der Waals surface area contributed by atoms with E-state index in [2.05, 4.69) is 32.1 Å². The van der Waals surface area contributed by atoms with Gasteiger partial charge in [0.1, 0.15) is 17.2 Å². The third-order valence-electron chi connectivity index (χ3n) is 5.42. The second-order valence-electron chi connectivity index (χ2n) is 7.42. The van der Waals surface area contributed by atoms with Crippen molar-refractivity contribution >= 4 is 11.5 Å². The van der Waals surface area contributed by atoms with Crippen molar-refractivity contribution in [2.75, 3.05) is 32.1 Å². The first-order valence-corrected chi connectivity index (χ1v) is 10.1. The normalized spacial score (nSPS) is 17.6. The van der Waals surface area contributed by atoms with Crippen molar-refractivity contribution in [2.45, 2.75) is 32.2 Å². The van der Waals surface area contributed by atoms with Gasteiger partial charge in [-0.05, 0) is 50.2 Å². The van der Waals surface area contributed by atoms with Crippen LogP contribution in [0.2, 0.25) is 0 Å². The molecule has 4 rings (SSSR count). The van der Waals surface area contributed by atoms with Crippen molar-refractivity contribution < 1.29 is 22.6 Å². The van der Waals surface area contributed by atoms with Crippen LogP contribution in [0.3, 0.4) is 0 Å². The lowest BCUT2D eigenvalue weighted by Crippen LogP contribution is -2.42. The predicted molar refractivity (Wildman–Crippen MR) is 110 cm³/mol. The Morgan fingerprint density at radius 1 is 1.23 bits per heavy atom. The summed E-state index contributed by atoms with van der Waals surface area (Å²) in [5, 5.41) is 12.0. The lowest BCUT2D eigenvalue weighted by Gasteiger charge is -2.32. The number of fused-ring (bicyclic) bond motifs is 1. The molecule has 2 aromatic heterocycles. The SMILES string of the molecule is CCN1CCCC(Nc2nnc(-c3ccc(OC)cc3OC(F)(F)F)c3cccn23)C1. The number of nitrogens with one attached hydrogen (secondary N) is 1. The Morgan fingerprint density at radius 2 is 2.06 bits per heavy atom. The Morgan fingerprint density at radius 3 is 2.81 bits per heavy atom. The van der Waals surface area contributed by atoms with E-state index in [1.807, 2.05) is 6.20 Å². The molecule has 0 bridgehead atoms. The quantitative estimate of drug-likeness (QED) is 0.626. The van der Waals surface area contributed by atoms with Crippen molar-refractivity contribution in [3.8, 4) is 22.8 Å². The first-order chi connectivity index (χ1) is 14.9. The van der Waals surface area contributed by atoms with Crippen molar-refractivity contribution in [1.82, 2.24) is 19.5 Å². The van der Waals surface area contributed by atoms with Crippen molar-refractivity contribution in [1.29, 1.82) is 0 Å². The van der Waals surface area contributed by atoms with Gasteiger partial charge in [0.05, 0.1) is 12.6 Å². The molecule has 0 spiro atoms. The highest BCUT2D eigenvalue weighted by molar-refractivity contribution is 5.81. The fraction of sp³-hybridized carbons (Fsp3) is 0.429. The van der Waals surface area contributed by atoms with E-state index in [9.17, 15) is 13.2 Å². The summed E-state index contributed by atoms with van der Waals surface area (Å²) in [5.41, 5.74) is 1.09. The minimum absolute atomic E-state index is 0.177. The van der Waals surface area contributed by atoms with E-state index in [0.29, 0.717) is 11.5 Å². The largest absolute Gasteiger partial charge is 0.573 e. The molecule has 0 saturated carbocycles. The van der Waals surface area contributed by atoms with E-state index < -0.39 is 12.1 Å². The Balaban J connectivity index is 1.71. The average molecular weight is 435 g/mol. The van der Waals surface area contributed by atoms with Crippen LogP contribution < -0.4 is 14.8 Å². The number of halogens is 3. The number of aromatic nitrogens is 3. The summed E-state index contributed by atoms with van der Waals surface area (Å²) < 4.78 is 50.1. The number of rotatable bonds is 6. The van der Waals surface area contributed by atoms with Gasteiger partial charge in [0.15, 0.2) is 0 Å². The molecule has 1 saturated heterocycles. The average Bonchev–Trinajstić information content (AvgIpc) is 3.24. The highest BCUT2D eigenvalue weighted by Gasteiger charge is 2.33. The zero-order chi connectivity index (χ0) is 22.0. The lowest BCUT2D eigenvalue weighted by atomic mass is 10.1. The molecule has 1 unspecified atom stereocenters. The smallest absolute Gasteiger partial charge is 0.497 e. The molecule has 1 atom stereocenters. The Hall–Kier alpha value is -3.01. The van der Waals surface area contributed by atoms with Crippen molar-refractivity contribution in [2.24, 2.45) is 0 Å². The van der Waals surface area contributed by atoms with E-state index in [1.165, 1.54) is 19.2 Å². The topological polar surface area (TPSA) is 63.9 Å². The summed E-state index contributed by atoms with van der Waals surface area (Å²) in [4.78, 5) is 2.37.